The van der Waals surface area contributed by atoms with Gasteiger partial charge in [0.05, 0.1) is 12.6 Å². The topological polar surface area (TPSA) is 21.3 Å². The first kappa shape index (κ1) is 8.87. The predicted octanol–water partition coefficient (Wildman–Crippen LogP) is 1.02. The fourth-order valence-electron chi connectivity index (χ4n) is 1.11. The average molecular weight is 165 g/mol. The Morgan fingerprint density at radius 3 is 2.55 bits per heavy atom. The molecule has 0 aliphatic carbocycles. The fraction of sp³-hybridized carbons (Fsp3) is 1.00. The van der Waals surface area contributed by atoms with E-state index in [1.807, 2.05) is 0 Å². The third kappa shape index (κ3) is 2.10. The first-order valence-electron chi connectivity index (χ1n) is 3.76. The minimum absolute atomic E-state index is 0.134. The van der Waals surface area contributed by atoms with E-state index >= 15 is 0 Å². The molecule has 0 aromatic carbocycles. The molecule has 1 unspecified atom stereocenters. The quantitative estimate of drug-likeness (QED) is 0.659. The monoisotopic (exact) mass is 165 g/mol. The standard InChI is InChI=1S/C7H13F2NO/c1-5(2)11-6-3-10-4-7(6,8)9/h5-6,10H,3-4H2,1-2H3. The molecular weight excluding hydrogens is 152 g/mol. The maximum atomic E-state index is 12.8. The van der Waals surface area contributed by atoms with Gasteiger partial charge in [-0.25, -0.2) is 8.78 Å². The largest absolute Gasteiger partial charge is 0.368 e. The highest BCUT2D eigenvalue weighted by molar-refractivity contribution is 4.89. The Bertz CT molecular complexity index is 138. The van der Waals surface area contributed by atoms with Gasteiger partial charge in [0.1, 0.15) is 6.10 Å². The van der Waals surface area contributed by atoms with E-state index in [0.29, 0.717) is 0 Å². The molecular formula is C7H13F2NO. The summed E-state index contributed by atoms with van der Waals surface area (Å²) in [5.41, 5.74) is 0. The molecule has 1 aliphatic heterocycles. The molecule has 1 heterocycles. The summed E-state index contributed by atoms with van der Waals surface area (Å²) in [5.74, 6) is -2.69. The lowest BCUT2D eigenvalue weighted by molar-refractivity contribution is -0.122. The summed E-state index contributed by atoms with van der Waals surface area (Å²) >= 11 is 0. The molecule has 1 saturated heterocycles. The van der Waals surface area contributed by atoms with Crippen LogP contribution >= 0.6 is 0 Å². The van der Waals surface area contributed by atoms with Gasteiger partial charge in [-0.2, -0.15) is 0 Å². The van der Waals surface area contributed by atoms with Gasteiger partial charge in [0.15, 0.2) is 0 Å². The summed E-state index contributed by atoms with van der Waals surface area (Å²) in [6.07, 6.45) is -1.08. The van der Waals surface area contributed by atoms with Crippen molar-refractivity contribution in [2.24, 2.45) is 0 Å². The number of nitrogens with one attached hydrogen (secondary N) is 1. The van der Waals surface area contributed by atoms with Gasteiger partial charge in [0.2, 0.25) is 0 Å². The molecule has 0 aromatic heterocycles. The van der Waals surface area contributed by atoms with Crippen LogP contribution in [0.3, 0.4) is 0 Å². The molecule has 2 nitrogen and oxygen atoms in total. The third-order valence-electron chi connectivity index (χ3n) is 1.60. The summed E-state index contributed by atoms with van der Waals surface area (Å²) in [7, 11) is 0. The van der Waals surface area contributed by atoms with Crippen LogP contribution in [-0.4, -0.2) is 31.2 Å². The molecule has 1 rings (SSSR count). The van der Waals surface area contributed by atoms with Crippen LogP contribution in [0.1, 0.15) is 13.8 Å². The van der Waals surface area contributed by atoms with Crippen LogP contribution in [0.15, 0.2) is 0 Å². The van der Waals surface area contributed by atoms with Crippen molar-refractivity contribution in [3.05, 3.63) is 0 Å². The molecule has 0 amide bonds. The molecule has 1 fully saturated rings. The molecule has 1 N–H and O–H groups in total. The first-order chi connectivity index (χ1) is 5.02. The van der Waals surface area contributed by atoms with E-state index in [0.717, 1.165) is 0 Å². The molecule has 0 spiro atoms. The lowest BCUT2D eigenvalue weighted by Crippen LogP contribution is -2.35. The van der Waals surface area contributed by atoms with Crippen molar-refractivity contribution in [2.45, 2.75) is 32.0 Å². The van der Waals surface area contributed by atoms with Crippen LogP contribution in [0, 0.1) is 0 Å². The second kappa shape index (κ2) is 3.03. The summed E-state index contributed by atoms with van der Waals surface area (Å²) in [5, 5.41) is 2.59. The predicted molar refractivity (Wildman–Crippen MR) is 37.8 cm³/mol. The highest BCUT2D eigenvalue weighted by atomic mass is 19.3. The van der Waals surface area contributed by atoms with Gasteiger partial charge >= 0.3 is 0 Å². The van der Waals surface area contributed by atoms with Gasteiger partial charge in [0.25, 0.3) is 5.92 Å². The van der Waals surface area contributed by atoms with Gasteiger partial charge < -0.3 is 10.1 Å². The van der Waals surface area contributed by atoms with Crippen molar-refractivity contribution >= 4 is 0 Å². The Balaban J connectivity index is 2.45. The van der Waals surface area contributed by atoms with Gasteiger partial charge in [-0.05, 0) is 13.8 Å². The van der Waals surface area contributed by atoms with E-state index in [9.17, 15) is 8.78 Å². The van der Waals surface area contributed by atoms with Crippen LogP contribution in [-0.2, 0) is 4.74 Å². The van der Waals surface area contributed by atoms with Crippen LogP contribution in [0.2, 0.25) is 0 Å². The zero-order valence-corrected chi connectivity index (χ0v) is 6.73. The summed E-state index contributed by atoms with van der Waals surface area (Å²) in [6.45, 7) is 3.51. The molecule has 0 saturated carbocycles. The lowest BCUT2D eigenvalue weighted by atomic mass is 10.2. The summed E-state index contributed by atoms with van der Waals surface area (Å²) in [4.78, 5) is 0. The molecule has 0 aromatic rings. The molecule has 0 bridgehead atoms. The molecule has 4 heteroatoms. The van der Waals surface area contributed by atoms with E-state index in [-0.39, 0.29) is 19.2 Å². The SMILES string of the molecule is CC(C)OC1CNCC1(F)F. The second-order valence-electron chi connectivity index (χ2n) is 3.07. The maximum absolute atomic E-state index is 12.8. The van der Waals surface area contributed by atoms with Crippen LogP contribution in [0.25, 0.3) is 0 Å². The Morgan fingerprint density at radius 2 is 2.18 bits per heavy atom. The molecule has 11 heavy (non-hydrogen) atoms. The van der Waals surface area contributed by atoms with Gasteiger partial charge in [-0.3, -0.25) is 0 Å². The number of alkyl halides is 2. The van der Waals surface area contributed by atoms with Gasteiger partial charge in [-0.15, -0.1) is 0 Å². The minimum atomic E-state index is -2.69. The van der Waals surface area contributed by atoms with Crippen molar-refractivity contribution in [1.29, 1.82) is 0 Å². The highest BCUT2D eigenvalue weighted by Crippen LogP contribution is 2.25. The van der Waals surface area contributed by atoms with E-state index in [1.54, 1.807) is 13.8 Å². The van der Waals surface area contributed by atoms with E-state index in [1.165, 1.54) is 0 Å². The van der Waals surface area contributed by atoms with Crippen molar-refractivity contribution < 1.29 is 13.5 Å². The van der Waals surface area contributed by atoms with E-state index in [4.69, 9.17) is 4.74 Å². The molecule has 0 radical (unpaired) electrons. The molecule has 1 atom stereocenters. The Kier molecular flexibility index (Phi) is 2.44. The van der Waals surface area contributed by atoms with Crippen LogP contribution < -0.4 is 5.32 Å². The number of halogens is 2. The zero-order valence-electron chi connectivity index (χ0n) is 6.73. The molecule has 66 valence electrons. The average Bonchev–Trinajstić information content (AvgIpc) is 2.10. The number of hydrogen-bond donors (Lipinski definition) is 1. The Hall–Kier alpha value is -0.220. The summed E-state index contributed by atoms with van der Waals surface area (Å²) < 4.78 is 30.6. The van der Waals surface area contributed by atoms with Crippen LogP contribution in [0.4, 0.5) is 8.78 Å². The summed E-state index contributed by atoms with van der Waals surface area (Å²) in [6, 6.07) is 0. The maximum Gasteiger partial charge on any atom is 0.287 e. The first-order valence-corrected chi connectivity index (χ1v) is 3.76. The number of rotatable bonds is 2. The number of hydrogen-bond acceptors (Lipinski definition) is 2. The van der Waals surface area contributed by atoms with Gasteiger partial charge in [-0.1, -0.05) is 0 Å². The van der Waals surface area contributed by atoms with Crippen molar-refractivity contribution in [3.63, 3.8) is 0 Å². The fourth-order valence-corrected chi connectivity index (χ4v) is 1.11. The normalized spacial score (nSPS) is 29.7. The van der Waals surface area contributed by atoms with E-state index in [2.05, 4.69) is 5.32 Å². The highest BCUT2D eigenvalue weighted by Gasteiger charge is 2.45. The lowest BCUT2D eigenvalue weighted by Gasteiger charge is -2.20. The van der Waals surface area contributed by atoms with Crippen molar-refractivity contribution in [1.82, 2.24) is 5.32 Å². The smallest absolute Gasteiger partial charge is 0.287 e. The van der Waals surface area contributed by atoms with Crippen molar-refractivity contribution in [2.75, 3.05) is 13.1 Å². The second-order valence-corrected chi connectivity index (χ2v) is 3.07. The Labute approximate surface area is 64.9 Å². The van der Waals surface area contributed by atoms with E-state index < -0.39 is 12.0 Å². The van der Waals surface area contributed by atoms with Crippen LogP contribution in [0.5, 0.6) is 0 Å². The minimum Gasteiger partial charge on any atom is -0.368 e. The Morgan fingerprint density at radius 1 is 1.55 bits per heavy atom. The zero-order chi connectivity index (χ0) is 8.48. The molecule has 1 aliphatic rings. The third-order valence-corrected chi connectivity index (χ3v) is 1.60. The van der Waals surface area contributed by atoms with Gasteiger partial charge in [0, 0.05) is 6.54 Å². The van der Waals surface area contributed by atoms with Crippen molar-refractivity contribution in [3.8, 4) is 0 Å². The number of ether oxygens (including phenoxy) is 1.